The van der Waals surface area contributed by atoms with E-state index in [0.717, 1.165) is 12.8 Å². The lowest BCUT2D eigenvalue weighted by Crippen LogP contribution is -2.14. The number of nitrogens with one attached hydrogen (secondary N) is 1. The van der Waals surface area contributed by atoms with Crippen molar-refractivity contribution in [3.8, 4) is 0 Å². The predicted octanol–water partition coefficient (Wildman–Crippen LogP) is 2.70. The lowest BCUT2D eigenvalue weighted by atomic mass is 10.1. The number of carboxylic acid groups (broad SMARTS) is 1. The van der Waals surface area contributed by atoms with Crippen LogP contribution in [0.2, 0.25) is 0 Å². The molecule has 1 heterocycles. The van der Waals surface area contributed by atoms with Crippen LogP contribution in [0.25, 0.3) is 0 Å². The Hall–Kier alpha value is -1.91. The number of carbonyl (C=O) groups is 1. The van der Waals surface area contributed by atoms with Crippen LogP contribution < -0.4 is 5.32 Å². The molecule has 2 N–H and O–H groups in total. The van der Waals surface area contributed by atoms with Gasteiger partial charge in [-0.3, -0.25) is 0 Å². The van der Waals surface area contributed by atoms with E-state index in [1.54, 1.807) is 13.8 Å². The smallest absolute Gasteiger partial charge is 0.339 e. The maximum Gasteiger partial charge on any atom is 0.339 e. The standard InChI is InChI=1S/C14H19N3O2/c1-9-10(2)16-17-13(12(9)14(18)19)15-8-7-11-5-3-4-6-11/h5H,3-4,6-8H2,1-2H3,(H,15,17)(H,18,19). The average Bonchev–Trinajstić information content (AvgIpc) is 2.86. The molecule has 0 radical (unpaired) electrons. The van der Waals surface area contributed by atoms with E-state index in [9.17, 15) is 9.90 Å². The third-order valence-corrected chi connectivity index (χ3v) is 3.54. The van der Waals surface area contributed by atoms with Gasteiger partial charge in [-0.05, 0) is 45.1 Å². The van der Waals surface area contributed by atoms with Crippen LogP contribution in [0.4, 0.5) is 5.82 Å². The van der Waals surface area contributed by atoms with E-state index >= 15 is 0 Å². The normalized spacial score (nSPS) is 14.3. The van der Waals surface area contributed by atoms with Gasteiger partial charge in [-0.15, -0.1) is 5.10 Å². The topological polar surface area (TPSA) is 75.1 Å². The van der Waals surface area contributed by atoms with E-state index in [4.69, 9.17) is 0 Å². The minimum Gasteiger partial charge on any atom is -0.478 e. The number of hydrogen-bond acceptors (Lipinski definition) is 4. The van der Waals surface area contributed by atoms with Gasteiger partial charge >= 0.3 is 5.97 Å². The second-order valence-electron chi connectivity index (χ2n) is 4.87. The number of allylic oxidation sites excluding steroid dienone is 1. The molecular weight excluding hydrogens is 242 g/mol. The average molecular weight is 261 g/mol. The summed E-state index contributed by atoms with van der Waals surface area (Å²) in [6.45, 7) is 4.23. The second-order valence-corrected chi connectivity index (χ2v) is 4.87. The lowest BCUT2D eigenvalue weighted by Gasteiger charge is -2.11. The molecule has 5 heteroatoms. The molecular formula is C14H19N3O2. The van der Waals surface area contributed by atoms with Crippen molar-refractivity contribution in [2.24, 2.45) is 0 Å². The number of aromatic nitrogens is 2. The van der Waals surface area contributed by atoms with Gasteiger partial charge in [0.25, 0.3) is 0 Å². The molecule has 0 aliphatic heterocycles. The molecule has 0 saturated carbocycles. The molecule has 102 valence electrons. The summed E-state index contributed by atoms with van der Waals surface area (Å²) < 4.78 is 0. The monoisotopic (exact) mass is 261 g/mol. The van der Waals surface area contributed by atoms with Gasteiger partial charge in [0.15, 0.2) is 5.82 Å². The molecule has 0 spiro atoms. The molecule has 19 heavy (non-hydrogen) atoms. The molecule has 0 unspecified atom stereocenters. The van der Waals surface area contributed by atoms with Gasteiger partial charge in [0, 0.05) is 6.54 Å². The summed E-state index contributed by atoms with van der Waals surface area (Å²) in [5.41, 5.74) is 3.00. The zero-order valence-electron chi connectivity index (χ0n) is 11.4. The molecule has 2 rings (SSSR count). The largest absolute Gasteiger partial charge is 0.478 e. The quantitative estimate of drug-likeness (QED) is 0.797. The number of rotatable bonds is 5. The second kappa shape index (κ2) is 5.82. The predicted molar refractivity (Wildman–Crippen MR) is 73.5 cm³/mol. The minimum absolute atomic E-state index is 0.230. The van der Waals surface area contributed by atoms with Gasteiger partial charge < -0.3 is 10.4 Å². The first-order chi connectivity index (χ1) is 9.09. The zero-order chi connectivity index (χ0) is 13.8. The number of aryl methyl sites for hydroxylation is 1. The van der Waals surface area contributed by atoms with Gasteiger partial charge in [-0.2, -0.15) is 5.10 Å². The fraction of sp³-hybridized carbons (Fsp3) is 0.500. The highest BCUT2D eigenvalue weighted by molar-refractivity contribution is 5.94. The van der Waals surface area contributed by atoms with Crippen LogP contribution in [0.1, 0.15) is 47.3 Å². The molecule has 0 atom stereocenters. The van der Waals surface area contributed by atoms with Crippen LogP contribution in [-0.2, 0) is 0 Å². The van der Waals surface area contributed by atoms with Crippen LogP contribution >= 0.6 is 0 Å². The number of nitrogens with zero attached hydrogens (tertiary/aromatic N) is 2. The van der Waals surface area contributed by atoms with E-state index < -0.39 is 5.97 Å². The third-order valence-electron chi connectivity index (χ3n) is 3.54. The summed E-state index contributed by atoms with van der Waals surface area (Å²) in [6, 6.07) is 0. The van der Waals surface area contributed by atoms with Crippen molar-refractivity contribution in [2.75, 3.05) is 11.9 Å². The molecule has 0 fully saturated rings. The first-order valence-corrected chi connectivity index (χ1v) is 6.58. The summed E-state index contributed by atoms with van der Waals surface area (Å²) in [7, 11) is 0. The highest BCUT2D eigenvalue weighted by Crippen LogP contribution is 2.22. The highest BCUT2D eigenvalue weighted by atomic mass is 16.4. The van der Waals surface area contributed by atoms with Crippen LogP contribution in [0.15, 0.2) is 11.6 Å². The Morgan fingerprint density at radius 3 is 2.84 bits per heavy atom. The number of carboxylic acids is 1. The van der Waals surface area contributed by atoms with E-state index in [0.29, 0.717) is 23.6 Å². The maximum atomic E-state index is 11.3. The van der Waals surface area contributed by atoms with Gasteiger partial charge in [0.2, 0.25) is 0 Å². The highest BCUT2D eigenvalue weighted by Gasteiger charge is 2.17. The summed E-state index contributed by atoms with van der Waals surface area (Å²) in [5, 5.41) is 20.3. The van der Waals surface area contributed by atoms with Crippen molar-refractivity contribution in [1.29, 1.82) is 0 Å². The van der Waals surface area contributed by atoms with Crippen LogP contribution in [0.3, 0.4) is 0 Å². The minimum atomic E-state index is -0.960. The fourth-order valence-electron chi connectivity index (χ4n) is 2.30. The van der Waals surface area contributed by atoms with Crippen molar-refractivity contribution < 1.29 is 9.90 Å². The van der Waals surface area contributed by atoms with Gasteiger partial charge in [-0.25, -0.2) is 4.79 Å². The Labute approximate surface area is 112 Å². The third kappa shape index (κ3) is 3.10. The molecule has 5 nitrogen and oxygen atoms in total. The molecule has 1 aromatic heterocycles. The molecule has 1 aliphatic rings. The summed E-state index contributed by atoms with van der Waals surface area (Å²) in [5.74, 6) is -0.590. The maximum absolute atomic E-state index is 11.3. The van der Waals surface area contributed by atoms with Gasteiger partial charge in [0.05, 0.1) is 5.69 Å². The van der Waals surface area contributed by atoms with Gasteiger partial charge in [-0.1, -0.05) is 11.6 Å². The zero-order valence-corrected chi connectivity index (χ0v) is 11.4. The van der Waals surface area contributed by atoms with Crippen molar-refractivity contribution in [2.45, 2.75) is 39.5 Å². The lowest BCUT2D eigenvalue weighted by molar-refractivity contribution is 0.0696. The first-order valence-electron chi connectivity index (χ1n) is 6.58. The van der Waals surface area contributed by atoms with Crippen molar-refractivity contribution in [3.05, 3.63) is 28.5 Å². The number of anilines is 1. The Kier molecular flexibility index (Phi) is 4.14. The van der Waals surface area contributed by atoms with E-state index in [1.165, 1.54) is 18.4 Å². The Morgan fingerprint density at radius 2 is 2.21 bits per heavy atom. The van der Waals surface area contributed by atoms with Crippen LogP contribution in [0, 0.1) is 13.8 Å². The first kappa shape index (κ1) is 13.5. The van der Waals surface area contributed by atoms with Crippen molar-refractivity contribution in [1.82, 2.24) is 10.2 Å². The Morgan fingerprint density at radius 1 is 1.42 bits per heavy atom. The van der Waals surface area contributed by atoms with E-state index in [1.807, 2.05) is 0 Å². The molecule has 0 bridgehead atoms. The molecule has 0 aromatic carbocycles. The Bertz CT molecular complexity index is 524. The molecule has 1 aliphatic carbocycles. The molecule has 0 saturated heterocycles. The van der Waals surface area contributed by atoms with Gasteiger partial charge in [0.1, 0.15) is 5.56 Å². The van der Waals surface area contributed by atoms with Crippen LogP contribution in [0.5, 0.6) is 0 Å². The van der Waals surface area contributed by atoms with E-state index in [-0.39, 0.29) is 5.56 Å². The summed E-state index contributed by atoms with van der Waals surface area (Å²) >= 11 is 0. The fourth-order valence-corrected chi connectivity index (χ4v) is 2.30. The summed E-state index contributed by atoms with van der Waals surface area (Å²) in [6.07, 6.45) is 6.77. The van der Waals surface area contributed by atoms with Crippen molar-refractivity contribution >= 4 is 11.8 Å². The molecule has 0 amide bonds. The summed E-state index contributed by atoms with van der Waals surface area (Å²) in [4.78, 5) is 11.3. The Balaban J connectivity index is 2.07. The number of aromatic carboxylic acids is 1. The number of hydrogen-bond donors (Lipinski definition) is 2. The SMILES string of the molecule is Cc1nnc(NCCC2=CCCC2)c(C(=O)O)c1C. The van der Waals surface area contributed by atoms with Crippen molar-refractivity contribution in [3.63, 3.8) is 0 Å². The molecule has 1 aromatic rings. The van der Waals surface area contributed by atoms with E-state index in [2.05, 4.69) is 21.6 Å². The van der Waals surface area contributed by atoms with Crippen LogP contribution in [-0.4, -0.2) is 27.8 Å².